The van der Waals surface area contributed by atoms with Gasteiger partial charge < -0.3 is 20.3 Å². The van der Waals surface area contributed by atoms with Crippen LogP contribution in [0.1, 0.15) is 24.0 Å². The molecule has 1 aromatic carbocycles. The fourth-order valence-corrected chi connectivity index (χ4v) is 2.14. The number of urea groups is 1. The first-order valence-electron chi connectivity index (χ1n) is 7.41. The van der Waals surface area contributed by atoms with E-state index < -0.39 is 5.97 Å². The van der Waals surface area contributed by atoms with E-state index in [0.717, 1.165) is 11.1 Å². The second-order valence-corrected chi connectivity index (χ2v) is 5.11. The fourth-order valence-electron chi connectivity index (χ4n) is 2.14. The zero-order valence-corrected chi connectivity index (χ0v) is 12.7. The molecule has 23 heavy (non-hydrogen) atoms. The highest BCUT2D eigenvalue weighted by molar-refractivity contribution is 5.74. The Morgan fingerprint density at radius 3 is 2.65 bits per heavy atom. The highest BCUT2D eigenvalue weighted by atomic mass is 16.4. The number of nitrogens with zero attached hydrogens (tertiary/aromatic N) is 2. The number of carboxylic acid groups (broad SMARTS) is 1. The van der Waals surface area contributed by atoms with Gasteiger partial charge in [0.15, 0.2) is 0 Å². The summed E-state index contributed by atoms with van der Waals surface area (Å²) < 4.78 is 1.96. The molecule has 1 heterocycles. The second-order valence-electron chi connectivity index (χ2n) is 5.11. The van der Waals surface area contributed by atoms with Gasteiger partial charge in [0, 0.05) is 38.4 Å². The monoisotopic (exact) mass is 316 g/mol. The lowest BCUT2D eigenvalue weighted by Gasteiger charge is -2.12. The van der Waals surface area contributed by atoms with Gasteiger partial charge in [-0.2, -0.15) is 0 Å². The van der Waals surface area contributed by atoms with Gasteiger partial charge in [0.2, 0.25) is 0 Å². The van der Waals surface area contributed by atoms with Crippen molar-refractivity contribution in [3.63, 3.8) is 0 Å². The molecule has 0 saturated carbocycles. The molecule has 122 valence electrons. The molecule has 7 nitrogen and oxygen atoms in total. The van der Waals surface area contributed by atoms with Crippen molar-refractivity contribution in [3.8, 4) is 0 Å². The number of aromatic nitrogens is 2. The van der Waals surface area contributed by atoms with Crippen LogP contribution in [0.4, 0.5) is 4.79 Å². The minimum Gasteiger partial charge on any atom is -0.481 e. The standard InChI is InChI=1S/C16H20N4O3/c21-15(22)6-3-7-18-16(23)19-10-13-4-1-2-5-14(13)11-20-9-8-17-12-20/h1-2,4-5,8-9,12H,3,6-7,10-11H2,(H,21,22)(H2,18,19,23). The smallest absolute Gasteiger partial charge is 0.315 e. The van der Waals surface area contributed by atoms with E-state index in [0.29, 0.717) is 26.1 Å². The maximum absolute atomic E-state index is 11.7. The Kier molecular flexibility index (Phi) is 6.17. The molecule has 0 bridgehead atoms. The highest BCUT2D eigenvalue weighted by Gasteiger charge is 2.05. The van der Waals surface area contributed by atoms with E-state index >= 15 is 0 Å². The summed E-state index contributed by atoms with van der Waals surface area (Å²) in [5.41, 5.74) is 2.14. The highest BCUT2D eigenvalue weighted by Crippen LogP contribution is 2.10. The van der Waals surface area contributed by atoms with Crippen LogP contribution in [-0.2, 0) is 17.9 Å². The van der Waals surface area contributed by atoms with Crippen LogP contribution in [0, 0.1) is 0 Å². The summed E-state index contributed by atoms with van der Waals surface area (Å²) in [5, 5.41) is 14.0. The number of amides is 2. The van der Waals surface area contributed by atoms with Crippen LogP contribution in [0.5, 0.6) is 0 Å². The number of rotatable bonds is 8. The van der Waals surface area contributed by atoms with Gasteiger partial charge in [-0.3, -0.25) is 4.79 Å². The second kappa shape index (κ2) is 8.57. The molecule has 2 aromatic rings. The maximum atomic E-state index is 11.7. The molecule has 2 amide bonds. The molecule has 0 saturated heterocycles. The van der Waals surface area contributed by atoms with Crippen molar-refractivity contribution >= 4 is 12.0 Å². The molecule has 0 radical (unpaired) electrons. The quantitative estimate of drug-likeness (QED) is 0.644. The van der Waals surface area contributed by atoms with Gasteiger partial charge in [0.1, 0.15) is 0 Å². The van der Waals surface area contributed by atoms with Crippen molar-refractivity contribution < 1.29 is 14.7 Å². The predicted octanol–water partition coefficient (Wildman–Crippen LogP) is 1.60. The summed E-state index contributed by atoms with van der Waals surface area (Å²) in [7, 11) is 0. The summed E-state index contributed by atoms with van der Waals surface area (Å²) >= 11 is 0. The van der Waals surface area contributed by atoms with Crippen molar-refractivity contribution in [2.75, 3.05) is 6.54 Å². The predicted molar refractivity (Wildman–Crippen MR) is 84.9 cm³/mol. The zero-order chi connectivity index (χ0) is 16.5. The topological polar surface area (TPSA) is 96.3 Å². The molecule has 0 fully saturated rings. The van der Waals surface area contributed by atoms with Gasteiger partial charge in [0.05, 0.1) is 6.33 Å². The molecule has 0 aliphatic heterocycles. The molecule has 0 aliphatic rings. The van der Waals surface area contributed by atoms with Gasteiger partial charge in [-0.05, 0) is 17.5 Å². The number of carboxylic acids is 1. The van der Waals surface area contributed by atoms with Gasteiger partial charge in [0.25, 0.3) is 0 Å². The molecule has 2 rings (SSSR count). The third kappa shape index (κ3) is 5.82. The molecular formula is C16H20N4O3. The van der Waals surface area contributed by atoms with Crippen molar-refractivity contribution in [2.45, 2.75) is 25.9 Å². The SMILES string of the molecule is O=C(O)CCCNC(=O)NCc1ccccc1Cn1ccnc1. The van der Waals surface area contributed by atoms with E-state index in [-0.39, 0.29) is 12.5 Å². The first kappa shape index (κ1) is 16.5. The Morgan fingerprint density at radius 1 is 1.17 bits per heavy atom. The average molecular weight is 316 g/mol. The summed E-state index contributed by atoms with van der Waals surface area (Å²) in [5.74, 6) is -0.861. The van der Waals surface area contributed by atoms with Crippen LogP contribution in [0.15, 0.2) is 43.0 Å². The van der Waals surface area contributed by atoms with Crippen LogP contribution in [-0.4, -0.2) is 33.2 Å². The van der Waals surface area contributed by atoms with Crippen molar-refractivity contribution in [2.24, 2.45) is 0 Å². The number of imidazole rings is 1. The molecular weight excluding hydrogens is 296 g/mol. The first-order chi connectivity index (χ1) is 11.1. The van der Waals surface area contributed by atoms with Gasteiger partial charge in [-0.15, -0.1) is 0 Å². The fraction of sp³-hybridized carbons (Fsp3) is 0.312. The van der Waals surface area contributed by atoms with Gasteiger partial charge in [-0.1, -0.05) is 24.3 Å². The van der Waals surface area contributed by atoms with Crippen molar-refractivity contribution in [3.05, 3.63) is 54.1 Å². The number of carbonyl (C=O) groups is 2. The number of hydrogen-bond acceptors (Lipinski definition) is 3. The van der Waals surface area contributed by atoms with E-state index in [1.165, 1.54) is 0 Å². The Labute approximate surface area is 134 Å². The molecule has 3 N–H and O–H groups in total. The van der Waals surface area contributed by atoms with Crippen LogP contribution in [0.25, 0.3) is 0 Å². The first-order valence-corrected chi connectivity index (χ1v) is 7.41. The summed E-state index contributed by atoms with van der Waals surface area (Å²) in [4.78, 5) is 26.1. The summed E-state index contributed by atoms with van der Waals surface area (Å²) in [6.45, 7) is 1.45. The Bertz CT molecular complexity index is 641. The Balaban J connectivity index is 1.81. The van der Waals surface area contributed by atoms with E-state index in [1.54, 1.807) is 12.5 Å². The summed E-state index contributed by atoms with van der Waals surface area (Å²) in [6.07, 6.45) is 5.83. The molecule has 7 heteroatoms. The van der Waals surface area contributed by atoms with Crippen LogP contribution < -0.4 is 10.6 Å². The van der Waals surface area contributed by atoms with E-state index in [9.17, 15) is 9.59 Å². The third-order valence-electron chi connectivity index (χ3n) is 3.32. The number of aliphatic carboxylic acids is 1. The molecule has 1 aromatic heterocycles. The van der Waals surface area contributed by atoms with Crippen molar-refractivity contribution in [1.29, 1.82) is 0 Å². The van der Waals surface area contributed by atoms with Crippen LogP contribution >= 0.6 is 0 Å². The normalized spacial score (nSPS) is 10.3. The Morgan fingerprint density at radius 2 is 1.96 bits per heavy atom. The average Bonchev–Trinajstić information content (AvgIpc) is 3.03. The largest absolute Gasteiger partial charge is 0.481 e. The number of carbonyl (C=O) groups excluding carboxylic acids is 1. The molecule has 0 aliphatic carbocycles. The molecule has 0 spiro atoms. The lowest BCUT2D eigenvalue weighted by atomic mass is 10.1. The van der Waals surface area contributed by atoms with Crippen molar-refractivity contribution in [1.82, 2.24) is 20.2 Å². The van der Waals surface area contributed by atoms with Crippen LogP contribution in [0.2, 0.25) is 0 Å². The van der Waals surface area contributed by atoms with Gasteiger partial charge >= 0.3 is 12.0 Å². The van der Waals surface area contributed by atoms with Gasteiger partial charge in [-0.25, -0.2) is 9.78 Å². The summed E-state index contributed by atoms with van der Waals surface area (Å²) in [6, 6.07) is 7.58. The number of nitrogens with one attached hydrogen (secondary N) is 2. The van der Waals surface area contributed by atoms with Crippen LogP contribution in [0.3, 0.4) is 0 Å². The van der Waals surface area contributed by atoms with E-state index in [4.69, 9.17) is 5.11 Å². The third-order valence-corrected chi connectivity index (χ3v) is 3.32. The number of hydrogen-bond donors (Lipinski definition) is 3. The molecule has 0 atom stereocenters. The van der Waals surface area contributed by atoms with E-state index in [1.807, 2.05) is 35.0 Å². The minimum absolute atomic E-state index is 0.0496. The maximum Gasteiger partial charge on any atom is 0.315 e. The number of benzene rings is 1. The zero-order valence-electron chi connectivity index (χ0n) is 12.7. The molecule has 0 unspecified atom stereocenters. The lowest BCUT2D eigenvalue weighted by Crippen LogP contribution is -2.35. The van der Waals surface area contributed by atoms with E-state index in [2.05, 4.69) is 15.6 Å². The minimum atomic E-state index is -0.861. The Hall–Kier alpha value is -2.83. The lowest BCUT2D eigenvalue weighted by molar-refractivity contribution is -0.137.